The molecule has 0 saturated heterocycles. The van der Waals surface area contributed by atoms with Gasteiger partial charge < -0.3 is 14.2 Å². The Balaban J connectivity index is 1.80. The molecule has 0 fully saturated rings. The van der Waals surface area contributed by atoms with E-state index in [1.165, 1.54) is 42.1 Å². The number of methoxy groups -OCH3 is 2. The maximum absolute atomic E-state index is 12.3. The van der Waals surface area contributed by atoms with E-state index in [0.29, 0.717) is 22.2 Å². The summed E-state index contributed by atoms with van der Waals surface area (Å²) in [7, 11) is 2.97. The first kappa shape index (κ1) is 16.0. The van der Waals surface area contributed by atoms with Crippen molar-refractivity contribution in [1.29, 1.82) is 0 Å². The number of thiazole rings is 1. The predicted octanol–water partition coefficient (Wildman–Crippen LogP) is 2.13. The molecule has 3 aromatic rings. The topological polar surface area (TPSA) is 79.1 Å². The number of aromatic nitrogens is 2. The Hall–Kier alpha value is -2.87. The molecular formula is C16H14N2O5S. The van der Waals surface area contributed by atoms with Gasteiger partial charge in [0, 0.05) is 17.6 Å². The molecule has 0 aliphatic heterocycles. The average Bonchev–Trinajstić information content (AvgIpc) is 3.08. The van der Waals surface area contributed by atoms with Gasteiger partial charge in [0.05, 0.1) is 19.9 Å². The fourth-order valence-corrected chi connectivity index (χ4v) is 2.89. The fraction of sp³-hybridized carbons (Fsp3) is 0.188. The van der Waals surface area contributed by atoms with Crippen molar-refractivity contribution in [1.82, 2.24) is 9.38 Å². The Morgan fingerprint density at radius 1 is 1.25 bits per heavy atom. The zero-order valence-electron chi connectivity index (χ0n) is 13.0. The van der Waals surface area contributed by atoms with Gasteiger partial charge in [0.2, 0.25) is 0 Å². The Bertz CT molecular complexity index is 947. The number of nitrogens with zero attached hydrogens (tertiary/aromatic N) is 2. The minimum Gasteiger partial charge on any atom is -0.497 e. The Labute approximate surface area is 141 Å². The molecule has 0 bridgehead atoms. The molecule has 8 heteroatoms. The molecule has 0 radical (unpaired) electrons. The Morgan fingerprint density at radius 2 is 2.08 bits per heavy atom. The maximum atomic E-state index is 12.3. The van der Waals surface area contributed by atoms with Crippen molar-refractivity contribution in [3.63, 3.8) is 0 Å². The maximum Gasteiger partial charge on any atom is 0.342 e. The van der Waals surface area contributed by atoms with Crippen LogP contribution in [0.4, 0.5) is 0 Å². The van der Waals surface area contributed by atoms with Crippen LogP contribution in [-0.2, 0) is 11.3 Å². The van der Waals surface area contributed by atoms with Gasteiger partial charge in [-0.25, -0.2) is 9.78 Å². The summed E-state index contributed by atoms with van der Waals surface area (Å²) in [5.74, 6) is 0.306. The van der Waals surface area contributed by atoms with Gasteiger partial charge in [0.15, 0.2) is 4.96 Å². The molecule has 0 aliphatic carbocycles. The summed E-state index contributed by atoms with van der Waals surface area (Å²) in [5, 5.41) is 1.76. The second-order valence-electron chi connectivity index (χ2n) is 4.78. The van der Waals surface area contributed by atoms with E-state index in [1.807, 2.05) is 0 Å². The lowest BCUT2D eigenvalue weighted by molar-refractivity contribution is 0.0463. The molecule has 24 heavy (non-hydrogen) atoms. The van der Waals surface area contributed by atoms with Crippen molar-refractivity contribution in [2.75, 3.05) is 14.2 Å². The van der Waals surface area contributed by atoms with Crippen LogP contribution in [-0.4, -0.2) is 29.6 Å². The molecular weight excluding hydrogens is 332 g/mol. The Kier molecular flexibility index (Phi) is 4.48. The lowest BCUT2D eigenvalue weighted by atomic mass is 10.2. The van der Waals surface area contributed by atoms with E-state index in [0.717, 1.165) is 0 Å². The van der Waals surface area contributed by atoms with E-state index < -0.39 is 5.97 Å². The standard InChI is InChI=1S/C16H14N2O5S/c1-21-11-3-4-13(22-2)12(8-11)15(20)23-9-10-7-14(19)18-5-6-24-16(18)17-10/h3-8H,9H2,1-2H3. The number of carbonyl (C=O) groups is 1. The van der Waals surface area contributed by atoms with E-state index >= 15 is 0 Å². The van der Waals surface area contributed by atoms with Gasteiger partial charge >= 0.3 is 5.97 Å². The first-order valence-corrected chi connectivity index (χ1v) is 7.85. The number of ether oxygens (including phenoxy) is 3. The lowest BCUT2D eigenvalue weighted by Gasteiger charge is -2.10. The number of benzene rings is 1. The van der Waals surface area contributed by atoms with Gasteiger partial charge in [-0.3, -0.25) is 9.20 Å². The molecule has 7 nitrogen and oxygen atoms in total. The molecule has 0 atom stereocenters. The molecule has 2 heterocycles. The average molecular weight is 346 g/mol. The van der Waals surface area contributed by atoms with E-state index in [-0.39, 0.29) is 17.7 Å². The highest BCUT2D eigenvalue weighted by Gasteiger charge is 2.16. The summed E-state index contributed by atoms with van der Waals surface area (Å²) in [5.41, 5.74) is 0.412. The predicted molar refractivity (Wildman–Crippen MR) is 88.0 cm³/mol. The molecule has 1 aromatic carbocycles. The van der Waals surface area contributed by atoms with Crippen LogP contribution in [0.5, 0.6) is 11.5 Å². The van der Waals surface area contributed by atoms with Crippen LogP contribution in [0.25, 0.3) is 4.96 Å². The van der Waals surface area contributed by atoms with Crippen molar-refractivity contribution in [2.24, 2.45) is 0 Å². The zero-order valence-corrected chi connectivity index (χ0v) is 13.8. The number of fused-ring (bicyclic) bond motifs is 1. The van der Waals surface area contributed by atoms with Crippen LogP contribution in [0.3, 0.4) is 0 Å². The third kappa shape index (κ3) is 3.09. The van der Waals surface area contributed by atoms with Gasteiger partial charge in [0.1, 0.15) is 23.7 Å². The number of hydrogen-bond donors (Lipinski definition) is 0. The monoisotopic (exact) mass is 346 g/mol. The van der Waals surface area contributed by atoms with Gasteiger partial charge in [-0.1, -0.05) is 0 Å². The molecule has 124 valence electrons. The molecule has 0 amide bonds. The van der Waals surface area contributed by atoms with Crippen molar-refractivity contribution in [2.45, 2.75) is 6.61 Å². The molecule has 0 spiro atoms. The van der Waals surface area contributed by atoms with Gasteiger partial charge in [-0.05, 0) is 18.2 Å². The number of rotatable bonds is 5. The van der Waals surface area contributed by atoms with Crippen molar-refractivity contribution in [3.05, 3.63) is 57.5 Å². The third-order valence-corrected chi connectivity index (χ3v) is 4.09. The second kappa shape index (κ2) is 6.71. The molecule has 0 N–H and O–H groups in total. The largest absolute Gasteiger partial charge is 0.497 e. The van der Waals surface area contributed by atoms with E-state index in [1.54, 1.807) is 23.7 Å². The number of hydrogen-bond acceptors (Lipinski definition) is 7. The molecule has 2 aromatic heterocycles. The summed E-state index contributed by atoms with van der Waals surface area (Å²) in [6.07, 6.45) is 1.65. The number of esters is 1. The summed E-state index contributed by atoms with van der Waals surface area (Å²) >= 11 is 1.33. The quantitative estimate of drug-likeness (QED) is 0.659. The molecule has 0 saturated carbocycles. The van der Waals surface area contributed by atoms with Gasteiger partial charge in [-0.15, -0.1) is 11.3 Å². The van der Waals surface area contributed by atoms with E-state index in [2.05, 4.69) is 4.98 Å². The van der Waals surface area contributed by atoms with Crippen LogP contribution >= 0.6 is 11.3 Å². The van der Waals surface area contributed by atoms with Crippen LogP contribution in [0.1, 0.15) is 16.1 Å². The van der Waals surface area contributed by atoms with Crippen LogP contribution in [0.15, 0.2) is 40.6 Å². The summed E-state index contributed by atoms with van der Waals surface area (Å²) < 4.78 is 17.0. The van der Waals surface area contributed by atoms with Crippen molar-refractivity contribution < 1.29 is 19.0 Å². The first-order valence-electron chi connectivity index (χ1n) is 6.97. The van der Waals surface area contributed by atoms with Gasteiger partial charge in [-0.2, -0.15) is 0 Å². The highest BCUT2D eigenvalue weighted by Crippen LogP contribution is 2.24. The highest BCUT2D eigenvalue weighted by molar-refractivity contribution is 7.15. The summed E-state index contributed by atoms with van der Waals surface area (Å²) in [6, 6.07) is 6.18. The third-order valence-electron chi connectivity index (χ3n) is 3.33. The summed E-state index contributed by atoms with van der Waals surface area (Å²) in [4.78, 5) is 29.0. The zero-order chi connectivity index (χ0) is 17.1. The fourth-order valence-electron chi connectivity index (χ4n) is 2.15. The van der Waals surface area contributed by atoms with Gasteiger partial charge in [0.25, 0.3) is 5.56 Å². The first-order chi connectivity index (χ1) is 11.6. The van der Waals surface area contributed by atoms with Crippen LogP contribution in [0.2, 0.25) is 0 Å². The number of carbonyl (C=O) groups excluding carboxylic acids is 1. The Morgan fingerprint density at radius 3 is 2.83 bits per heavy atom. The lowest BCUT2D eigenvalue weighted by Crippen LogP contribution is -2.15. The molecule has 0 unspecified atom stereocenters. The van der Waals surface area contributed by atoms with Crippen LogP contribution in [0, 0.1) is 0 Å². The second-order valence-corrected chi connectivity index (χ2v) is 5.66. The summed E-state index contributed by atoms with van der Waals surface area (Å²) in [6.45, 7) is -0.108. The smallest absolute Gasteiger partial charge is 0.342 e. The van der Waals surface area contributed by atoms with Crippen LogP contribution < -0.4 is 15.0 Å². The minimum atomic E-state index is -0.584. The molecule has 3 rings (SSSR count). The van der Waals surface area contributed by atoms with Crippen molar-refractivity contribution in [3.8, 4) is 11.5 Å². The van der Waals surface area contributed by atoms with Crippen molar-refractivity contribution >= 4 is 22.3 Å². The SMILES string of the molecule is COc1ccc(OC)c(C(=O)OCc2cc(=O)n3ccsc3n2)c1. The normalized spacial score (nSPS) is 10.6. The van der Waals surface area contributed by atoms with E-state index in [9.17, 15) is 9.59 Å². The minimum absolute atomic E-state index is 0.108. The van der Waals surface area contributed by atoms with E-state index in [4.69, 9.17) is 14.2 Å². The highest BCUT2D eigenvalue weighted by atomic mass is 32.1. The molecule has 0 aliphatic rings.